The summed E-state index contributed by atoms with van der Waals surface area (Å²) in [5, 5.41) is 5.75. The molecule has 1 atom stereocenters. The largest absolute Gasteiger partial charge is 0.497 e. The van der Waals surface area contributed by atoms with Crippen molar-refractivity contribution in [1.82, 2.24) is 0 Å². The number of nitrogens with one attached hydrogen (secondary N) is 1. The first-order chi connectivity index (χ1) is 9.28. The number of aryl methyl sites for hydroxylation is 1. The monoisotopic (exact) mass is 274 g/mol. The molecule has 1 heterocycles. The zero-order chi connectivity index (χ0) is 13.2. The highest BCUT2D eigenvalue weighted by atomic mass is 32.1. The summed E-state index contributed by atoms with van der Waals surface area (Å²) in [6, 6.07) is 8.41. The van der Waals surface area contributed by atoms with E-state index in [1.165, 1.54) is 23.3 Å². The molecular weight excluding hydrogens is 256 g/mol. The molecule has 0 fully saturated rings. The Hall–Kier alpha value is -1.68. The van der Waals surface area contributed by atoms with Crippen molar-refractivity contribution in [3.05, 3.63) is 40.1 Å². The molecule has 0 radical (unpaired) electrons. The van der Waals surface area contributed by atoms with Gasteiger partial charge in [0, 0.05) is 10.9 Å². The molecule has 3 N–H and O–H groups in total. The predicted molar refractivity (Wildman–Crippen MR) is 81.0 cm³/mol. The van der Waals surface area contributed by atoms with E-state index in [2.05, 4.69) is 16.8 Å². The lowest BCUT2D eigenvalue weighted by atomic mass is 9.94. The highest BCUT2D eigenvalue weighted by Crippen LogP contribution is 2.37. The average Bonchev–Trinajstić information content (AvgIpc) is 2.90. The van der Waals surface area contributed by atoms with Crippen LogP contribution in [-0.2, 0) is 6.42 Å². The van der Waals surface area contributed by atoms with Gasteiger partial charge in [-0.15, -0.1) is 11.3 Å². The van der Waals surface area contributed by atoms with Crippen molar-refractivity contribution >= 4 is 22.7 Å². The number of nitrogens with two attached hydrogens (primary N) is 1. The Morgan fingerprint density at radius 2 is 2.26 bits per heavy atom. The number of thiophene rings is 1. The van der Waals surface area contributed by atoms with Gasteiger partial charge in [-0.3, -0.25) is 0 Å². The molecule has 19 heavy (non-hydrogen) atoms. The Bertz CT molecular complexity index is 579. The molecule has 4 heteroatoms. The summed E-state index contributed by atoms with van der Waals surface area (Å²) in [6.45, 7) is 0. The summed E-state index contributed by atoms with van der Waals surface area (Å²) >= 11 is 1.86. The Kier molecular flexibility index (Phi) is 3.34. The third-order valence-corrected chi connectivity index (χ3v) is 4.64. The fourth-order valence-corrected chi connectivity index (χ4v) is 3.61. The number of methoxy groups -OCH3 is 1. The van der Waals surface area contributed by atoms with Gasteiger partial charge in [-0.1, -0.05) is 0 Å². The molecule has 0 bridgehead atoms. The fourth-order valence-electron chi connectivity index (χ4n) is 2.62. The van der Waals surface area contributed by atoms with Crippen molar-refractivity contribution in [3.8, 4) is 5.75 Å². The van der Waals surface area contributed by atoms with Crippen LogP contribution in [0.2, 0.25) is 0 Å². The van der Waals surface area contributed by atoms with E-state index in [4.69, 9.17) is 10.5 Å². The molecule has 3 rings (SSSR count). The molecule has 1 aliphatic rings. The normalized spacial score (nSPS) is 17.8. The lowest BCUT2D eigenvalue weighted by molar-refractivity contribution is 0.415. The lowest BCUT2D eigenvalue weighted by Crippen LogP contribution is -2.16. The summed E-state index contributed by atoms with van der Waals surface area (Å²) in [5.74, 6) is 0.794. The molecule has 1 aliphatic carbocycles. The summed E-state index contributed by atoms with van der Waals surface area (Å²) in [5.41, 5.74) is 9.23. The number of ether oxygens (including phenoxy) is 1. The van der Waals surface area contributed by atoms with Crippen LogP contribution in [0.1, 0.15) is 29.3 Å². The molecule has 1 aromatic carbocycles. The first-order valence-electron chi connectivity index (χ1n) is 6.54. The van der Waals surface area contributed by atoms with E-state index in [1.807, 2.05) is 29.5 Å². The van der Waals surface area contributed by atoms with Crippen molar-refractivity contribution in [2.24, 2.45) is 0 Å². The van der Waals surface area contributed by atoms with Gasteiger partial charge < -0.3 is 15.8 Å². The maximum absolute atomic E-state index is 6.07. The van der Waals surface area contributed by atoms with Crippen molar-refractivity contribution in [3.63, 3.8) is 0 Å². The van der Waals surface area contributed by atoms with Crippen LogP contribution in [0, 0.1) is 0 Å². The summed E-state index contributed by atoms with van der Waals surface area (Å²) < 4.78 is 5.18. The minimum atomic E-state index is 0.380. The second-order valence-corrected chi connectivity index (χ2v) is 5.84. The van der Waals surface area contributed by atoms with Crippen LogP contribution < -0.4 is 15.8 Å². The van der Waals surface area contributed by atoms with Crippen LogP contribution in [-0.4, -0.2) is 7.11 Å². The van der Waals surface area contributed by atoms with Gasteiger partial charge in [-0.25, -0.2) is 0 Å². The van der Waals surface area contributed by atoms with Crippen LogP contribution in [0.25, 0.3) is 0 Å². The summed E-state index contributed by atoms with van der Waals surface area (Å²) in [4.78, 5) is 1.51. The van der Waals surface area contributed by atoms with E-state index >= 15 is 0 Å². The predicted octanol–water partition coefficient (Wildman–Crippen LogP) is 3.83. The van der Waals surface area contributed by atoms with E-state index < -0.39 is 0 Å². The smallest absolute Gasteiger partial charge is 0.121 e. The molecule has 0 saturated carbocycles. The Morgan fingerprint density at radius 3 is 3.05 bits per heavy atom. The second kappa shape index (κ2) is 5.13. The Labute approximate surface area is 117 Å². The SMILES string of the molecule is COc1ccc(NC2CCCc3sccc32)c(N)c1. The minimum absolute atomic E-state index is 0.380. The second-order valence-electron chi connectivity index (χ2n) is 4.84. The molecule has 0 aliphatic heterocycles. The highest BCUT2D eigenvalue weighted by molar-refractivity contribution is 7.10. The van der Waals surface area contributed by atoms with Gasteiger partial charge in [-0.05, 0) is 48.4 Å². The maximum Gasteiger partial charge on any atom is 0.121 e. The van der Waals surface area contributed by atoms with E-state index in [9.17, 15) is 0 Å². The topological polar surface area (TPSA) is 47.3 Å². The van der Waals surface area contributed by atoms with Crippen LogP contribution in [0.5, 0.6) is 5.75 Å². The number of hydrogen-bond donors (Lipinski definition) is 2. The van der Waals surface area contributed by atoms with E-state index in [-0.39, 0.29) is 0 Å². The number of anilines is 2. The van der Waals surface area contributed by atoms with Crippen LogP contribution in [0.4, 0.5) is 11.4 Å². The molecule has 2 aromatic rings. The minimum Gasteiger partial charge on any atom is -0.497 e. The quantitative estimate of drug-likeness (QED) is 0.836. The van der Waals surface area contributed by atoms with Crippen molar-refractivity contribution in [1.29, 1.82) is 0 Å². The van der Waals surface area contributed by atoms with Crippen LogP contribution in [0.15, 0.2) is 29.6 Å². The molecular formula is C15H18N2OS. The van der Waals surface area contributed by atoms with Gasteiger partial charge in [0.15, 0.2) is 0 Å². The van der Waals surface area contributed by atoms with Gasteiger partial charge in [-0.2, -0.15) is 0 Å². The van der Waals surface area contributed by atoms with Crippen LogP contribution >= 0.6 is 11.3 Å². The molecule has 100 valence electrons. The molecule has 1 aromatic heterocycles. The Balaban J connectivity index is 1.83. The van der Waals surface area contributed by atoms with Gasteiger partial charge in [0.2, 0.25) is 0 Å². The van der Waals surface area contributed by atoms with Gasteiger partial charge in [0.25, 0.3) is 0 Å². The zero-order valence-corrected chi connectivity index (χ0v) is 11.8. The first-order valence-corrected chi connectivity index (χ1v) is 7.42. The van der Waals surface area contributed by atoms with E-state index in [1.54, 1.807) is 7.11 Å². The number of nitrogen functional groups attached to an aromatic ring is 1. The Morgan fingerprint density at radius 1 is 1.37 bits per heavy atom. The summed E-state index contributed by atoms with van der Waals surface area (Å²) in [7, 11) is 1.65. The zero-order valence-electron chi connectivity index (χ0n) is 11.0. The number of hydrogen-bond acceptors (Lipinski definition) is 4. The lowest BCUT2D eigenvalue weighted by Gasteiger charge is -2.25. The van der Waals surface area contributed by atoms with E-state index in [0.717, 1.165) is 23.5 Å². The number of rotatable bonds is 3. The molecule has 3 nitrogen and oxygen atoms in total. The maximum atomic E-state index is 6.07. The third-order valence-electron chi connectivity index (χ3n) is 3.64. The number of benzene rings is 1. The molecule has 1 unspecified atom stereocenters. The van der Waals surface area contributed by atoms with Gasteiger partial charge in [0.05, 0.1) is 24.5 Å². The molecule has 0 spiro atoms. The fraction of sp³-hybridized carbons (Fsp3) is 0.333. The standard InChI is InChI=1S/C15H18N2OS/c1-18-10-5-6-14(12(16)9-10)17-13-3-2-4-15-11(13)7-8-19-15/h5-9,13,17H,2-4,16H2,1H3. The van der Waals surface area contributed by atoms with Crippen LogP contribution in [0.3, 0.4) is 0 Å². The first kappa shape index (κ1) is 12.4. The van der Waals surface area contributed by atoms with Gasteiger partial charge >= 0.3 is 0 Å². The van der Waals surface area contributed by atoms with Crippen molar-refractivity contribution < 1.29 is 4.74 Å². The third kappa shape index (κ3) is 2.40. The highest BCUT2D eigenvalue weighted by Gasteiger charge is 2.21. The van der Waals surface area contributed by atoms with Gasteiger partial charge in [0.1, 0.15) is 5.75 Å². The molecule has 0 amide bonds. The van der Waals surface area contributed by atoms with Crippen molar-refractivity contribution in [2.45, 2.75) is 25.3 Å². The van der Waals surface area contributed by atoms with Crippen molar-refractivity contribution in [2.75, 3.05) is 18.2 Å². The number of fused-ring (bicyclic) bond motifs is 1. The van der Waals surface area contributed by atoms with E-state index in [0.29, 0.717) is 6.04 Å². The average molecular weight is 274 g/mol. The summed E-state index contributed by atoms with van der Waals surface area (Å²) in [6.07, 6.45) is 3.61. The molecule has 0 saturated heterocycles.